The van der Waals surface area contributed by atoms with Crippen molar-refractivity contribution in [1.29, 1.82) is 0 Å². The molecule has 3 nitrogen and oxygen atoms in total. The Kier molecular flexibility index (Phi) is 5.20. The first-order valence-electron chi connectivity index (χ1n) is 5.92. The first kappa shape index (κ1) is 15.5. The summed E-state index contributed by atoms with van der Waals surface area (Å²) in [6.07, 6.45) is 0. The number of nitrogens with one attached hydrogen (secondary N) is 1. The lowest BCUT2D eigenvalue weighted by atomic mass is 9.96. The van der Waals surface area contributed by atoms with Crippen LogP contribution in [0.25, 0.3) is 0 Å². The van der Waals surface area contributed by atoms with E-state index in [4.69, 9.17) is 11.6 Å². The van der Waals surface area contributed by atoms with Crippen LogP contribution in [0.1, 0.15) is 26.3 Å². The highest BCUT2D eigenvalue weighted by Crippen LogP contribution is 2.23. The number of sulfonamides is 1. The maximum Gasteiger partial charge on any atom is 0.212 e. The van der Waals surface area contributed by atoms with E-state index in [2.05, 4.69) is 4.72 Å². The van der Waals surface area contributed by atoms with Crippen molar-refractivity contribution in [1.82, 2.24) is 4.72 Å². The van der Waals surface area contributed by atoms with Gasteiger partial charge in [-0.15, -0.1) is 11.6 Å². The molecule has 1 N–H and O–H groups in total. The smallest absolute Gasteiger partial charge is 0.212 e. The second-order valence-corrected chi connectivity index (χ2v) is 7.14. The molecule has 1 aromatic carbocycles. The molecular weight excluding hydrogens is 270 g/mol. The predicted octanol–water partition coefficient (Wildman–Crippen LogP) is 2.72. The van der Waals surface area contributed by atoms with Crippen molar-refractivity contribution in [2.45, 2.75) is 26.3 Å². The van der Waals surface area contributed by atoms with Gasteiger partial charge in [-0.05, 0) is 18.4 Å². The summed E-state index contributed by atoms with van der Waals surface area (Å²) in [4.78, 5) is 0. The van der Waals surface area contributed by atoms with Crippen LogP contribution < -0.4 is 4.72 Å². The molecule has 18 heavy (non-hydrogen) atoms. The molecule has 0 saturated carbocycles. The van der Waals surface area contributed by atoms with Crippen molar-refractivity contribution in [3.05, 3.63) is 35.9 Å². The molecule has 0 aromatic heterocycles. The molecule has 1 rings (SSSR count). The molecule has 1 atom stereocenters. The van der Waals surface area contributed by atoms with Gasteiger partial charge in [-0.25, -0.2) is 13.1 Å². The molecule has 0 aliphatic rings. The van der Waals surface area contributed by atoms with Gasteiger partial charge in [0.25, 0.3) is 0 Å². The van der Waals surface area contributed by atoms with Crippen molar-refractivity contribution >= 4 is 21.6 Å². The van der Waals surface area contributed by atoms with E-state index in [0.29, 0.717) is 0 Å². The SMILES string of the molecule is CC(C)CS(=O)(=O)NC(C)(CCl)c1ccccc1. The van der Waals surface area contributed by atoms with Crippen LogP contribution in [-0.2, 0) is 15.6 Å². The molecule has 0 saturated heterocycles. The lowest BCUT2D eigenvalue weighted by Crippen LogP contribution is -2.46. The van der Waals surface area contributed by atoms with Crippen molar-refractivity contribution in [2.24, 2.45) is 5.92 Å². The van der Waals surface area contributed by atoms with Gasteiger partial charge in [0, 0.05) is 5.88 Å². The van der Waals surface area contributed by atoms with Crippen LogP contribution >= 0.6 is 11.6 Å². The average Bonchev–Trinajstić information content (AvgIpc) is 2.27. The Morgan fingerprint density at radius 3 is 2.28 bits per heavy atom. The average molecular weight is 290 g/mol. The molecule has 1 aromatic rings. The minimum Gasteiger partial charge on any atom is -0.212 e. The summed E-state index contributed by atoms with van der Waals surface area (Å²) in [6.45, 7) is 5.55. The summed E-state index contributed by atoms with van der Waals surface area (Å²) in [6, 6.07) is 9.38. The van der Waals surface area contributed by atoms with Crippen molar-refractivity contribution in [3.63, 3.8) is 0 Å². The summed E-state index contributed by atoms with van der Waals surface area (Å²) in [5.41, 5.74) is 0.101. The normalized spacial score (nSPS) is 15.6. The van der Waals surface area contributed by atoms with Crippen LogP contribution in [0.2, 0.25) is 0 Å². The minimum atomic E-state index is -3.33. The molecule has 0 fully saturated rings. The Morgan fingerprint density at radius 2 is 1.83 bits per heavy atom. The first-order valence-corrected chi connectivity index (χ1v) is 8.11. The lowest BCUT2D eigenvalue weighted by molar-refractivity contribution is 0.473. The molecule has 0 radical (unpaired) electrons. The highest BCUT2D eigenvalue weighted by atomic mass is 35.5. The zero-order chi connectivity index (χ0) is 13.8. The van der Waals surface area contributed by atoms with Crippen molar-refractivity contribution < 1.29 is 8.42 Å². The molecule has 0 heterocycles. The molecule has 5 heteroatoms. The van der Waals surface area contributed by atoms with Gasteiger partial charge < -0.3 is 0 Å². The highest BCUT2D eigenvalue weighted by molar-refractivity contribution is 7.89. The van der Waals surface area contributed by atoms with Gasteiger partial charge in [0.2, 0.25) is 10.0 Å². The third-order valence-electron chi connectivity index (χ3n) is 2.61. The standard InChI is InChI=1S/C13H20ClNO2S/c1-11(2)9-18(16,17)15-13(3,10-14)12-7-5-4-6-8-12/h4-8,11,15H,9-10H2,1-3H3. The second kappa shape index (κ2) is 6.04. The second-order valence-electron chi connectivity index (χ2n) is 5.11. The quantitative estimate of drug-likeness (QED) is 0.819. The van der Waals surface area contributed by atoms with E-state index >= 15 is 0 Å². The van der Waals surface area contributed by atoms with Gasteiger partial charge in [-0.1, -0.05) is 44.2 Å². The number of alkyl halides is 1. The Labute approximate surface area is 115 Å². The van der Waals surface area contributed by atoms with Gasteiger partial charge >= 0.3 is 0 Å². The molecule has 102 valence electrons. The van der Waals surface area contributed by atoms with Gasteiger partial charge in [-0.3, -0.25) is 0 Å². The van der Waals surface area contributed by atoms with Gasteiger partial charge in [0.15, 0.2) is 0 Å². The lowest BCUT2D eigenvalue weighted by Gasteiger charge is -2.29. The fourth-order valence-electron chi connectivity index (χ4n) is 1.79. The van der Waals surface area contributed by atoms with E-state index in [1.54, 1.807) is 6.92 Å². The van der Waals surface area contributed by atoms with Crippen LogP contribution in [0, 0.1) is 5.92 Å². The van der Waals surface area contributed by atoms with E-state index in [1.165, 1.54) is 0 Å². The fourth-order valence-corrected chi connectivity index (χ4v) is 3.93. The van der Waals surface area contributed by atoms with E-state index in [1.807, 2.05) is 44.2 Å². The van der Waals surface area contributed by atoms with E-state index in [-0.39, 0.29) is 17.6 Å². The summed E-state index contributed by atoms with van der Waals surface area (Å²) >= 11 is 5.96. The van der Waals surface area contributed by atoms with Crippen LogP contribution in [0.3, 0.4) is 0 Å². The fraction of sp³-hybridized carbons (Fsp3) is 0.538. The van der Waals surface area contributed by atoms with Crippen molar-refractivity contribution in [3.8, 4) is 0 Å². The largest absolute Gasteiger partial charge is 0.212 e. The number of hydrogen-bond acceptors (Lipinski definition) is 2. The summed E-state index contributed by atoms with van der Waals surface area (Å²) in [5, 5.41) is 0. The first-order chi connectivity index (χ1) is 8.29. The number of rotatable bonds is 6. The number of halogens is 1. The van der Waals surface area contributed by atoms with Gasteiger partial charge in [0.1, 0.15) is 0 Å². The van der Waals surface area contributed by atoms with Crippen molar-refractivity contribution in [2.75, 3.05) is 11.6 Å². The Balaban J connectivity index is 2.97. The molecular formula is C13H20ClNO2S. The molecule has 0 aliphatic heterocycles. The zero-order valence-corrected chi connectivity index (χ0v) is 12.6. The molecule has 0 spiro atoms. The Morgan fingerprint density at radius 1 is 1.28 bits per heavy atom. The number of benzene rings is 1. The third-order valence-corrected chi connectivity index (χ3v) is 5.01. The van der Waals surface area contributed by atoms with E-state index in [0.717, 1.165) is 5.56 Å². The maximum absolute atomic E-state index is 12.0. The molecule has 0 amide bonds. The zero-order valence-electron chi connectivity index (χ0n) is 11.0. The van der Waals surface area contributed by atoms with Crippen LogP contribution in [0.4, 0.5) is 0 Å². The van der Waals surface area contributed by atoms with E-state index < -0.39 is 15.6 Å². The monoisotopic (exact) mass is 289 g/mol. The van der Waals surface area contributed by atoms with Gasteiger partial charge in [-0.2, -0.15) is 0 Å². The van der Waals surface area contributed by atoms with Gasteiger partial charge in [0.05, 0.1) is 11.3 Å². The third kappa shape index (κ3) is 4.26. The summed E-state index contributed by atoms with van der Waals surface area (Å²) < 4.78 is 26.7. The van der Waals surface area contributed by atoms with E-state index in [9.17, 15) is 8.42 Å². The minimum absolute atomic E-state index is 0.0813. The Hall–Kier alpha value is -0.580. The summed E-state index contributed by atoms with van der Waals surface area (Å²) in [5.74, 6) is 0.374. The summed E-state index contributed by atoms with van der Waals surface area (Å²) in [7, 11) is -3.33. The predicted molar refractivity (Wildman–Crippen MR) is 76.3 cm³/mol. The maximum atomic E-state index is 12.0. The Bertz CT molecular complexity index is 473. The number of hydrogen-bond donors (Lipinski definition) is 1. The van der Waals surface area contributed by atoms with Crippen LogP contribution in [0.15, 0.2) is 30.3 Å². The molecule has 0 bridgehead atoms. The molecule has 0 aliphatic carbocycles. The molecule has 1 unspecified atom stereocenters. The topological polar surface area (TPSA) is 46.2 Å². The van der Waals surface area contributed by atoms with Crippen LogP contribution in [0.5, 0.6) is 0 Å². The highest BCUT2D eigenvalue weighted by Gasteiger charge is 2.30. The van der Waals surface area contributed by atoms with Crippen LogP contribution in [-0.4, -0.2) is 20.1 Å².